The van der Waals surface area contributed by atoms with Crippen LogP contribution >= 0.6 is 0 Å². The van der Waals surface area contributed by atoms with Gasteiger partial charge in [0.25, 0.3) is 0 Å². The third-order valence-corrected chi connectivity index (χ3v) is 3.00. The first kappa shape index (κ1) is 9.66. The molecule has 1 saturated heterocycles. The second-order valence-corrected chi connectivity index (χ2v) is 4.19. The van der Waals surface area contributed by atoms with Gasteiger partial charge in [-0.05, 0) is 44.1 Å². The smallest absolute Gasteiger partial charge is 0.120 e. The van der Waals surface area contributed by atoms with Crippen molar-refractivity contribution >= 4 is 10.9 Å². The fourth-order valence-corrected chi connectivity index (χ4v) is 2.10. The van der Waals surface area contributed by atoms with E-state index in [0.29, 0.717) is 6.10 Å². The zero-order chi connectivity index (χ0) is 10.8. The molecule has 0 unspecified atom stereocenters. The molecule has 1 aliphatic heterocycles. The number of piperidine rings is 1. The van der Waals surface area contributed by atoms with Gasteiger partial charge in [0.1, 0.15) is 11.9 Å². The molecule has 0 radical (unpaired) electrons. The lowest BCUT2D eigenvalue weighted by Gasteiger charge is -2.23. The standard InChI is InChI=1S/C12H15N3O/c1-2-12-9(8-14-15-12)7-11(1)16-10-3-5-13-6-4-10/h1-2,7-8,10,13H,3-6H2,(H,14,15). The average Bonchev–Trinajstić information content (AvgIpc) is 2.77. The van der Waals surface area contributed by atoms with Crippen molar-refractivity contribution in [1.82, 2.24) is 15.5 Å². The highest BCUT2D eigenvalue weighted by atomic mass is 16.5. The molecule has 0 aliphatic carbocycles. The Morgan fingerprint density at radius 3 is 3.00 bits per heavy atom. The number of H-pyrrole nitrogens is 1. The molecule has 4 heteroatoms. The normalized spacial score (nSPS) is 17.8. The van der Waals surface area contributed by atoms with Crippen molar-refractivity contribution in [1.29, 1.82) is 0 Å². The molecule has 0 bridgehead atoms. The first-order valence-electron chi connectivity index (χ1n) is 5.72. The Bertz CT molecular complexity index is 474. The van der Waals surface area contributed by atoms with E-state index in [1.54, 1.807) is 0 Å². The number of hydrogen-bond donors (Lipinski definition) is 2. The van der Waals surface area contributed by atoms with Crippen molar-refractivity contribution < 1.29 is 4.74 Å². The van der Waals surface area contributed by atoms with Crippen molar-refractivity contribution in [2.45, 2.75) is 18.9 Å². The second kappa shape index (κ2) is 4.14. The fourth-order valence-electron chi connectivity index (χ4n) is 2.10. The van der Waals surface area contributed by atoms with E-state index >= 15 is 0 Å². The van der Waals surface area contributed by atoms with Crippen molar-refractivity contribution in [3.05, 3.63) is 24.4 Å². The molecule has 1 aliphatic rings. The Morgan fingerprint density at radius 2 is 2.12 bits per heavy atom. The lowest BCUT2D eigenvalue weighted by atomic mass is 10.1. The Morgan fingerprint density at radius 1 is 1.25 bits per heavy atom. The number of aromatic amines is 1. The van der Waals surface area contributed by atoms with Gasteiger partial charge in [0.05, 0.1) is 11.7 Å². The van der Waals surface area contributed by atoms with Gasteiger partial charge in [-0.1, -0.05) is 0 Å². The van der Waals surface area contributed by atoms with E-state index in [0.717, 1.165) is 42.6 Å². The van der Waals surface area contributed by atoms with E-state index in [2.05, 4.69) is 15.5 Å². The zero-order valence-electron chi connectivity index (χ0n) is 9.07. The maximum atomic E-state index is 5.95. The molecule has 0 amide bonds. The van der Waals surface area contributed by atoms with Crippen molar-refractivity contribution in [2.24, 2.45) is 0 Å². The van der Waals surface area contributed by atoms with E-state index < -0.39 is 0 Å². The molecule has 16 heavy (non-hydrogen) atoms. The number of nitrogens with one attached hydrogen (secondary N) is 2. The highest BCUT2D eigenvalue weighted by Crippen LogP contribution is 2.21. The lowest BCUT2D eigenvalue weighted by molar-refractivity contribution is 0.162. The maximum absolute atomic E-state index is 5.95. The van der Waals surface area contributed by atoms with Crippen molar-refractivity contribution in [3.8, 4) is 5.75 Å². The summed E-state index contributed by atoms with van der Waals surface area (Å²) in [5, 5.41) is 11.4. The number of aromatic nitrogens is 2. The molecule has 1 fully saturated rings. The third-order valence-electron chi connectivity index (χ3n) is 3.00. The summed E-state index contributed by atoms with van der Waals surface area (Å²) in [5.41, 5.74) is 1.05. The molecule has 84 valence electrons. The summed E-state index contributed by atoms with van der Waals surface area (Å²) in [5.74, 6) is 0.945. The highest BCUT2D eigenvalue weighted by Gasteiger charge is 2.14. The molecular weight excluding hydrogens is 202 g/mol. The number of fused-ring (bicyclic) bond motifs is 1. The van der Waals surface area contributed by atoms with Crippen LogP contribution in [0.5, 0.6) is 5.75 Å². The SMILES string of the molecule is c1cc2[nH]ncc2cc1OC1CCNCC1. The van der Waals surface area contributed by atoms with Gasteiger partial charge >= 0.3 is 0 Å². The largest absolute Gasteiger partial charge is 0.490 e. The van der Waals surface area contributed by atoms with Crippen LogP contribution in [0.25, 0.3) is 10.9 Å². The van der Waals surface area contributed by atoms with Crippen LogP contribution in [0.1, 0.15) is 12.8 Å². The molecule has 0 saturated carbocycles. The van der Waals surface area contributed by atoms with E-state index in [9.17, 15) is 0 Å². The number of ether oxygens (including phenoxy) is 1. The maximum Gasteiger partial charge on any atom is 0.120 e. The monoisotopic (exact) mass is 217 g/mol. The predicted octanol–water partition coefficient (Wildman–Crippen LogP) is 1.69. The predicted molar refractivity (Wildman–Crippen MR) is 62.6 cm³/mol. The van der Waals surface area contributed by atoms with E-state index in [1.165, 1.54) is 0 Å². The van der Waals surface area contributed by atoms with Crippen molar-refractivity contribution in [2.75, 3.05) is 13.1 Å². The van der Waals surface area contributed by atoms with Crippen LogP contribution in [0.3, 0.4) is 0 Å². The quantitative estimate of drug-likeness (QED) is 0.805. The zero-order valence-corrected chi connectivity index (χ0v) is 9.07. The van der Waals surface area contributed by atoms with Crippen LogP contribution in [0.4, 0.5) is 0 Å². The van der Waals surface area contributed by atoms with Gasteiger partial charge in [0, 0.05) is 5.39 Å². The van der Waals surface area contributed by atoms with Gasteiger partial charge in [0.15, 0.2) is 0 Å². The van der Waals surface area contributed by atoms with Gasteiger partial charge in [-0.25, -0.2) is 0 Å². The number of benzene rings is 1. The molecule has 1 aromatic heterocycles. The molecular formula is C12H15N3O. The molecule has 3 rings (SSSR count). The highest BCUT2D eigenvalue weighted by molar-refractivity contribution is 5.79. The first-order valence-corrected chi connectivity index (χ1v) is 5.72. The lowest BCUT2D eigenvalue weighted by Crippen LogP contribution is -2.34. The average molecular weight is 217 g/mol. The molecule has 2 N–H and O–H groups in total. The fraction of sp³-hybridized carbons (Fsp3) is 0.417. The van der Waals surface area contributed by atoms with Gasteiger partial charge in [-0.3, -0.25) is 5.10 Å². The van der Waals surface area contributed by atoms with Crippen molar-refractivity contribution in [3.63, 3.8) is 0 Å². The van der Waals surface area contributed by atoms with Gasteiger partial charge in [-0.2, -0.15) is 5.10 Å². The molecule has 0 atom stereocenters. The van der Waals surface area contributed by atoms with E-state index in [-0.39, 0.29) is 0 Å². The number of hydrogen-bond acceptors (Lipinski definition) is 3. The van der Waals surface area contributed by atoms with Gasteiger partial charge in [0.2, 0.25) is 0 Å². The molecule has 2 heterocycles. The summed E-state index contributed by atoms with van der Waals surface area (Å²) in [7, 11) is 0. The first-order chi connectivity index (χ1) is 7.92. The minimum atomic E-state index is 0.352. The summed E-state index contributed by atoms with van der Waals surface area (Å²) < 4.78 is 5.95. The second-order valence-electron chi connectivity index (χ2n) is 4.19. The van der Waals surface area contributed by atoms with Crippen LogP contribution in [0, 0.1) is 0 Å². The Balaban J connectivity index is 1.77. The minimum Gasteiger partial charge on any atom is -0.490 e. The molecule has 1 aromatic carbocycles. The van der Waals surface area contributed by atoms with E-state index in [4.69, 9.17) is 4.74 Å². The summed E-state index contributed by atoms with van der Waals surface area (Å²) >= 11 is 0. The Labute approximate surface area is 94.0 Å². The van der Waals surface area contributed by atoms with Crippen LogP contribution in [0.15, 0.2) is 24.4 Å². The Kier molecular flexibility index (Phi) is 2.50. The van der Waals surface area contributed by atoms with Crippen LogP contribution in [-0.4, -0.2) is 29.4 Å². The summed E-state index contributed by atoms with van der Waals surface area (Å²) in [4.78, 5) is 0. The topological polar surface area (TPSA) is 49.9 Å². The van der Waals surface area contributed by atoms with Crippen LogP contribution < -0.4 is 10.1 Å². The number of rotatable bonds is 2. The summed E-state index contributed by atoms with van der Waals surface area (Å²) in [6, 6.07) is 6.06. The van der Waals surface area contributed by atoms with E-state index in [1.807, 2.05) is 24.4 Å². The third kappa shape index (κ3) is 1.88. The van der Waals surface area contributed by atoms with Crippen LogP contribution in [0.2, 0.25) is 0 Å². The summed E-state index contributed by atoms with van der Waals surface area (Å²) in [6.07, 6.45) is 4.35. The number of nitrogens with zero attached hydrogens (tertiary/aromatic N) is 1. The van der Waals surface area contributed by atoms with Gasteiger partial charge < -0.3 is 10.1 Å². The molecule has 4 nitrogen and oxygen atoms in total. The molecule has 2 aromatic rings. The van der Waals surface area contributed by atoms with Crippen LogP contribution in [-0.2, 0) is 0 Å². The molecule has 0 spiro atoms. The minimum absolute atomic E-state index is 0.352. The Hall–Kier alpha value is -1.55. The summed E-state index contributed by atoms with van der Waals surface area (Å²) in [6.45, 7) is 2.11. The van der Waals surface area contributed by atoms with Gasteiger partial charge in [-0.15, -0.1) is 0 Å².